The monoisotopic (exact) mass is 829 g/mol. The number of benzene rings is 3. The summed E-state index contributed by atoms with van der Waals surface area (Å²) < 4.78 is 15.2. The van der Waals surface area contributed by atoms with E-state index in [2.05, 4.69) is 81.3 Å². The van der Waals surface area contributed by atoms with Crippen LogP contribution in [0.3, 0.4) is 0 Å². The standard InChI is InChI=1S/C47H55N7O7/c1-27(2)40(52-46(57)59-3)45(56)54-20-6-9-39(54)44-49-26-38(51-44)34-17-16-32-23-31(14-15-33(32)24-34)28-10-12-29(13-11-28)37-25-48-43(50-37)36-8-5-7-35(36)42(55)41(53-47(58)60-4)30-18-21-61-22-19-30/h10-17,23-27,30,35-36,39-41H,5-9,18-22H2,1-4H3,(H,48,50)(H,49,51)(H,52,57)(H,53,58)/t35?,36-,39+,40+,41-/m1/s1. The first-order chi connectivity index (χ1) is 29.6. The fourth-order valence-corrected chi connectivity index (χ4v) is 9.47. The number of ether oxygens (including phenoxy) is 3. The lowest BCUT2D eigenvalue weighted by Gasteiger charge is -2.32. The fraction of sp³-hybridized carbons (Fsp3) is 0.447. The largest absolute Gasteiger partial charge is 0.453 e. The third kappa shape index (κ3) is 8.90. The van der Waals surface area contributed by atoms with Crippen LogP contribution in [0.5, 0.6) is 0 Å². The first-order valence-electron chi connectivity index (χ1n) is 21.5. The minimum Gasteiger partial charge on any atom is -0.453 e. The van der Waals surface area contributed by atoms with Gasteiger partial charge in [0.2, 0.25) is 5.91 Å². The van der Waals surface area contributed by atoms with E-state index in [9.17, 15) is 19.2 Å². The summed E-state index contributed by atoms with van der Waals surface area (Å²) in [6.45, 7) is 5.56. The number of fused-ring (bicyclic) bond motifs is 1. The summed E-state index contributed by atoms with van der Waals surface area (Å²) in [6.07, 6.45) is 8.07. The highest BCUT2D eigenvalue weighted by Crippen LogP contribution is 2.41. The van der Waals surface area contributed by atoms with Crippen LogP contribution in [-0.4, -0.2) is 94.8 Å². The van der Waals surface area contributed by atoms with Crippen LogP contribution in [0, 0.1) is 17.8 Å². The average Bonchev–Trinajstić information content (AvgIpc) is 4.14. The highest BCUT2D eigenvalue weighted by Gasteiger charge is 2.42. The minimum atomic E-state index is -0.688. The number of nitrogens with one attached hydrogen (secondary N) is 4. The molecule has 0 bridgehead atoms. The smallest absolute Gasteiger partial charge is 0.407 e. The molecule has 3 amide bonds. The van der Waals surface area contributed by atoms with Gasteiger partial charge in [0.25, 0.3) is 0 Å². The Morgan fingerprint density at radius 1 is 0.721 bits per heavy atom. The fourth-order valence-electron chi connectivity index (χ4n) is 9.47. The predicted octanol–water partition coefficient (Wildman–Crippen LogP) is 7.94. The average molecular weight is 830 g/mol. The van der Waals surface area contributed by atoms with Gasteiger partial charge in [0.1, 0.15) is 17.7 Å². The quantitative estimate of drug-likeness (QED) is 0.0971. The van der Waals surface area contributed by atoms with Gasteiger partial charge < -0.3 is 39.7 Å². The van der Waals surface area contributed by atoms with Gasteiger partial charge in [-0.15, -0.1) is 0 Å². The Kier molecular flexibility index (Phi) is 12.5. The Labute approximate surface area is 355 Å². The number of aromatic nitrogens is 4. The van der Waals surface area contributed by atoms with Gasteiger partial charge in [-0.25, -0.2) is 19.6 Å². The molecule has 14 nitrogen and oxygen atoms in total. The molecule has 3 aliphatic rings. The summed E-state index contributed by atoms with van der Waals surface area (Å²) >= 11 is 0. The third-order valence-electron chi connectivity index (χ3n) is 12.8. The normalized spacial score (nSPS) is 20.4. The Bertz CT molecular complexity index is 2370. The second kappa shape index (κ2) is 18.3. The third-order valence-corrected chi connectivity index (χ3v) is 12.8. The summed E-state index contributed by atoms with van der Waals surface area (Å²) in [7, 11) is 2.62. The molecular weight excluding hydrogens is 775 g/mol. The van der Waals surface area contributed by atoms with E-state index >= 15 is 0 Å². The van der Waals surface area contributed by atoms with Crippen LogP contribution in [-0.2, 0) is 23.8 Å². The van der Waals surface area contributed by atoms with Gasteiger partial charge in [0, 0.05) is 37.2 Å². The van der Waals surface area contributed by atoms with Gasteiger partial charge in [-0.3, -0.25) is 9.59 Å². The van der Waals surface area contributed by atoms with Crippen LogP contribution in [0.25, 0.3) is 44.4 Å². The molecule has 4 heterocycles. The molecule has 8 rings (SSSR count). The molecule has 2 aromatic heterocycles. The lowest BCUT2D eigenvalue weighted by atomic mass is 9.80. The molecule has 5 aromatic rings. The van der Waals surface area contributed by atoms with E-state index in [0.717, 1.165) is 101 Å². The van der Waals surface area contributed by atoms with E-state index in [1.807, 2.05) is 31.1 Å². The molecule has 0 spiro atoms. The number of alkyl carbamates (subject to hydrolysis) is 2. The molecule has 2 aliphatic heterocycles. The van der Waals surface area contributed by atoms with Crippen LogP contribution < -0.4 is 10.6 Å². The topological polar surface area (TPSA) is 181 Å². The lowest BCUT2D eigenvalue weighted by molar-refractivity contribution is -0.135. The highest BCUT2D eigenvalue weighted by atomic mass is 16.5. The van der Waals surface area contributed by atoms with Gasteiger partial charge >= 0.3 is 12.2 Å². The van der Waals surface area contributed by atoms with E-state index in [1.165, 1.54) is 14.2 Å². The Morgan fingerprint density at radius 2 is 1.33 bits per heavy atom. The van der Waals surface area contributed by atoms with Gasteiger partial charge in [-0.1, -0.05) is 68.8 Å². The van der Waals surface area contributed by atoms with Gasteiger partial charge in [0.15, 0.2) is 5.78 Å². The maximum absolute atomic E-state index is 14.1. The number of likely N-dealkylation sites (tertiary alicyclic amines) is 1. The van der Waals surface area contributed by atoms with E-state index in [0.29, 0.717) is 19.8 Å². The number of ketones is 1. The molecule has 5 atom stereocenters. The molecule has 61 heavy (non-hydrogen) atoms. The number of carbonyl (C=O) groups excluding carboxylic acids is 4. The SMILES string of the molecule is COC(=O)N[C@H](C(=O)N1CCC[C@H]1c1ncc(-c2ccc3cc(-c4ccc(-c5cnc([C@@H]6CCCC6C(=O)[C@H](NC(=O)OC)C6CCOCC6)[nH]5)cc4)ccc3c2)[nH]1)C(C)C. The van der Waals surface area contributed by atoms with Crippen molar-refractivity contribution >= 4 is 34.6 Å². The van der Waals surface area contributed by atoms with Gasteiger partial charge in [-0.2, -0.15) is 0 Å². The molecule has 2 saturated heterocycles. The lowest BCUT2D eigenvalue weighted by Crippen LogP contribution is -2.51. The highest BCUT2D eigenvalue weighted by molar-refractivity contribution is 5.92. The van der Waals surface area contributed by atoms with Crippen molar-refractivity contribution in [1.29, 1.82) is 0 Å². The van der Waals surface area contributed by atoms with Crippen molar-refractivity contribution in [3.05, 3.63) is 84.7 Å². The van der Waals surface area contributed by atoms with Gasteiger partial charge in [-0.05, 0) is 90.0 Å². The Balaban J connectivity index is 0.935. The van der Waals surface area contributed by atoms with Crippen molar-refractivity contribution in [2.24, 2.45) is 17.8 Å². The van der Waals surface area contributed by atoms with Crippen LogP contribution >= 0.6 is 0 Å². The molecule has 0 radical (unpaired) electrons. The van der Waals surface area contributed by atoms with Crippen LogP contribution in [0.2, 0.25) is 0 Å². The summed E-state index contributed by atoms with van der Waals surface area (Å²) in [5.41, 5.74) is 5.95. The summed E-state index contributed by atoms with van der Waals surface area (Å²) in [5, 5.41) is 7.76. The second-order valence-electron chi connectivity index (χ2n) is 16.9. The van der Waals surface area contributed by atoms with Crippen molar-refractivity contribution in [2.75, 3.05) is 34.0 Å². The van der Waals surface area contributed by atoms with E-state index in [1.54, 1.807) is 0 Å². The molecule has 320 valence electrons. The van der Waals surface area contributed by atoms with Crippen molar-refractivity contribution < 1.29 is 33.4 Å². The number of aromatic amines is 2. The number of hydrogen-bond acceptors (Lipinski definition) is 9. The first-order valence-corrected chi connectivity index (χ1v) is 21.5. The molecule has 1 aliphatic carbocycles. The zero-order valence-corrected chi connectivity index (χ0v) is 35.2. The summed E-state index contributed by atoms with van der Waals surface area (Å²) in [5.74, 6) is 1.07. The zero-order valence-electron chi connectivity index (χ0n) is 35.2. The molecule has 4 N–H and O–H groups in total. The number of Topliss-reactive ketones (excluding diaryl/α,β-unsaturated/α-hetero) is 1. The molecule has 1 saturated carbocycles. The molecule has 14 heteroatoms. The number of amides is 3. The van der Waals surface area contributed by atoms with Crippen molar-refractivity contribution in [3.63, 3.8) is 0 Å². The second-order valence-corrected chi connectivity index (χ2v) is 16.9. The van der Waals surface area contributed by atoms with Crippen molar-refractivity contribution in [3.8, 4) is 33.6 Å². The number of carbonyl (C=O) groups is 4. The Hall–Kier alpha value is -6.02. The number of nitrogens with zero attached hydrogens (tertiary/aromatic N) is 3. The van der Waals surface area contributed by atoms with E-state index < -0.39 is 24.3 Å². The Morgan fingerprint density at radius 3 is 2.03 bits per heavy atom. The summed E-state index contributed by atoms with van der Waals surface area (Å²) in [6, 6.07) is 19.7. The first kappa shape index (κ1) is 41.7. The van der Waals surface area contributed by atoms with E-state index in [-0.39, 0.29) is 41.4 Å². The molecule has 1 unspecified atom stereocenters. The maximum atomic E-state index is 14.1. The number of methoxy groups -OCH3 is 2. The predicted molar refractivity (Wildman–Crippen MR) is 230 cm³/mol. The summed E-state index contributed by atoms with van der Waals surface area (Å²) in [4.78, 5) is 70.2. The molecule has 3 aromatic carbocycles. The molecule has 3 fully saturated rings. The zero-order chi connectivity index (χ0) is 42.6. The van der Waals surface area contributed by atoms with E-state index in [4.69, 9.17) is 24.2 Å². The van der Waals surface area contributed by atoms with Gasteiger partial charge in [0.05, 0.1) is 50.1 Å². The van der Waals surface area contributed by atoms with Crippen LogP contribution in [0.4, 0.5) is 9.59 Å². The minimum absolute atomic E-state index is 0.0152. The number of H-pyrrole nitrogens is 2. The van der Waals surface area contributed by atoms with Crippen molar-refractivity contribution in [2.45, 2.75) is 82.8 Å². The number of rotatable bonds is 12. The number of hydrogen-bond donors (Lipinski definition) is 4. The maximum Gasteiger partial charge on any atom is 0.407 e. The van der Waals surface area contributed by atoms with Crippen LogP contribution in [0.1, 0.15) is 82.4 Å². The van der Waals surface area contributed by atoms with Crippen LogP contribution in [0.15, 0.2) is 73.1 Å². The number of imidazole rings is 2. The van der Waals surface area contributed by atoms with Crippen molar-refractivity contribution in [1.82, 2.24) is 35.5 Å². The molecular formula is C47H55N7O7.